The molecule has 138 valence electrons. The molecule has 7 heteroatoms. The molecule has 1 aromatic rings. The van der Waals surface area contributed by atoms with Crippen LogP contribution in [0.5, 0.6) is 0 Å². The van der Waals surface area contributed by atoms with Crippen LogP contribution in [0.4, 0.5) is 13.2 Å². The average molecular weight is 394 g/mol. The van der Waals surface area contributed by atoms with E-state index in [-0.39, 0.29) is 24.8 Å². The van der Waals surface area contributed by atoms with Crippen LogP contribution in [0.15, 0.2) is 18.2 Å². The highest BCUT2D eigenvalue weighted by Crippen LogP contribution is 2.42. The van der Waals surface area contributed by atoms with E-state index < -0.39 is 18.0 Å². The molecule has 0 radical (unpaired) electrons. The maximum Gasteiger partial charge on any atom is 0.391 e. The number of nitrogens with zero attached hydrogens (tertiary/aromatic N) is 1. The number of amides is 1. The molecule has 1 heterocycles. The van der Waals surface area contributed by atoms with Crippen LogP contribution in [-0.2, 0) is 4.79 Å². The standard InChI is InChI=1S/C18H20Cl2F3NO/c19-14-7-6-11(10-15(14)20)16-5-2-8-24(16)17(25)12-3-1-4-13(9-12)18(21,22)23/h6-7,10,12-13,16H,1-5,8-9H2. The van der Waals surface area contributed by atoms with E-state index in [9.17, 15) is 18.0 Å². The van der Waals surface area contributed by atoms with Gasteiger partial charge in [0.2, 0.25) is 5.91 Å². The van der Waals surface area contributed by atoms with Crippen molar-refractivity contribution in [3.8, 4) is 0 Å². The summed E-state index contributed by atoms with van der Waals surface area (Å²) < 4.78 is 39.1. The predicted octanol–water partition coefficient (Wildman–Crippen LogP) is 6.03. The van der Waals surface area contributed by atoms with Gasteiger partial charge in [-0.3, -0.25) is 4.79 Å². The largest absolute Gasteiger partial charge is 0.391 e. The van der Waals surface area contributed by atoms with Crippen molar-refractivity contribution in [2.24, 2.45) is 11.8 Å². The molecule has 1 aliphatic heterocycles. The molecule has 0 N–H and O–H groups in total. The predicted molar refractivity (Wildman–Crippen MR) is 91.7 cm³/mol. The van der Waals surface area contributed by atoms with Gasteiger partial charge >= 0.3 is 6.18 Å². The molecule has 1 saturated heterocycles. The summed E-state index contributed by atoms with van der Waals surface area (Å²) in [4.78, 5) is 14.6. The molecular weight excluding hydrogens is 374 g/mol. The second kappa shape index (κ2) is 7.36. The van der Waals surface area contributed by atoms with Crippen molar-refractivity contribution in [2.75, 3.05) is 6.54 Å². The van der Waals surface area contributed by atoms with Gasteiger partial charge in [0.25, 0.3) is 0 Å². The Kier molecular flexibility index (Phi) is 5.54. The monoisotopic (exact) mass is 393 g/mol. The highest BCUT2D eigenvalue weighted by atomic mass is 35.5. The van der Waals surface area contributed by atoms with Gasteiger partial charge in [0.05, 0.1) is 22.0 Å². The molecule has 1 aromatic carbocycles. The van der Waals surface area contributed by atoms with Crippen molar-refractivity contribution < 1.29 is 18.0 Å². The summed E-state index contributed by atoms with van der Waals surface area (Å²) in [6, 6.07) is 5.15. The van der Waals surface area contributed by atoms with Gasteiger partial charge in [-0.25, -0.2) is 0 Å². The van der Waals surface area contributed by atoms with Crippen molar-refractivity contribution in [1.29, 1.82) is 0 Å². The fourth-order valence-corrected chi connectivity index (χ4v) is 4.35. The van der Waals surface area contributed by atoms with Crippen LogP contribution in [0.3, 0.4) is 0 Å². The third kappa shape index (κ3) is 4.08. The maximum absolute atomic E-state index is 13.0. The Bertz CT molecular complexity index is 650. The van der Waals surface area contributed by atoms with Gasteiger partial charge in [-0.15, -0.1) is 0 Å². The van der Waals surface area contributed by atoms with Crippen LogP contribution in [0.1, 0.15) is 50.1 Å². The van der Waals surface area contributed by atoms with Crippen LogP contribution in [-0.4, -0.2) is 23.5 Å². The highest BCUT2D eigenvalue weighted by molar-refractivity contribution is 6.42. The lowest BCUT2D eigenvalue weighted by molar-refractivity contribution is -0.187. The van der Waals surface area contributed by atoms with Crippen molar-refractivity contribution in [1.82, 2.24) is 4.90 Å². The molecule has 0 spiro atoms. The van der Waals surface area contributed by atoms with Gasteiger partial charge in [0, 0.05) is 12.5 Å². The minimum absolute atomic E-state index is 0.0903. The van der Waals surface area contributed by atoms with E-state index in [2.05, 4.69) is 0 Å². The Morgan fingerprint density at radius 3 is 2.52 bits per heavy atom. The zero-order chi connectivity index (χ0) is 18.2. The van der Waals surface area contributed by atoms with Gasteiger partial charge in [0.1, 0.15) is 0 Å². The van der Waals surface area contributed by atoms with Crippen LogP contribution >= 0.6 is 23.2 Å². The Labute approximate surface area is 155 Å². The molecule has 2 aliphatic rings. The first kappa shape index (κ1) is 18.8. The number of hydrogen-bond acceptors (Lipinski definition) is 1. The Morgan fingerprint density at radius 2 is 1.84 bits per heavy atom. The van der Waals surface area contributed by atoms with E-state index in [0.29, 0.717) is 29.4 Å². The number of rotatable bonds is 2. The van der Waals surface area contributed by atoms with E-state index in [1.54, 1.807) is 17.0 Å². The number of halogens is 5. The fraction of sp³-hybridized carbons (Fsp3) is 0.611. The van der Waals surface area contributed by atoms with E-state index >= 15 is 0 Å². The second-order valence-electron chi connectivity index (χ2n) is 6.97. The summed E-state index contributed by atoms with van der Waals surface area (Å²) in [7, 11) is 0. The molecule has 1 aliphatic carbocycles. The summed E-state index contributed by atoms with van der Waals surface area (Å²) in [5, 5.41) is 0.870. The van der Waals surface area contributed by atoms with Crippen molar-refractivity contribution in [3.05, 3.63) is 33.8 Å². The zero-order valence-corrected chi connectivity index (χ0v) is 15.2. The van der Waals surface area contributed by atoms with E-state index in [1.165, 1.54) is 0 Å². The van der Waals surface area contributed by atoms with Gasteiger partial charge < -0.3 is 4.90 Å². The van der Waals surface area contributed by atoms with Crippen LogP contribution in [0, 0.1) is 11.8 Å². The molecule has 0 bridgehead atoms. The number of benzene rings is 1. The number of likely N-dealkylation sites (tertiary alicyclic amines) is 1. The SMILES string of the molecule is O=C(C1CCCC(C(F)(F)F)C1)N1CCCC1c1ccc(Cl)c(Cl)c1. The minimum Gasteiger partial charge on any atom is -0.335 e. The smallest absolute Gasteiger partial charge is 0.335 e. The molecule has 1 saturated carbocycles. The first-order valence-corrected chi connectivity index (χ1v) is 9.35. The molecule has 1 amide bonds. The fourth-order valence-electron chi connectivity index (χ4n) is 4.04. The summed E-state index contributed by atoms with van der Waals surface area (Å²) in [5.74, 6) is -2.05. The second-order valence-corrected chi connectivity index (χ2v) is 7.78. The summed E-state index contributed by atoms with van der Waals surface area (Å²) in [5.41, 5.74) is 0.892. The van der Waals surface area contributed by atoms with E-state index in [0.717, 1.165) is 18.4 Å². The number of hydrogen-bond donors (Lipinski definition) is 0. The lowest BCUT2D eigenvalue weighted by Gasteiger charge is -2.34. The van der Waals surface area contributed by atoms with Crippen LogP contribution < -0.4 is 0 Å². The first-order chi connectivity index (χ1) is 11.8. The molecule has 3 atom stereocenters. The van der Waals surface area contributed by atoms with Crippen molar-refractivity contribution >= 4 is 29.1 Å². The normalized spacial score (nSPS) is 27.6. The molecular formula is C18H20Cl2F3NO. The van der Waals surface area contributed by atoms with Gasteiger partial charge in [-0.2, -0.15) is 13.2 Å². The van der Waals surface area contributed by atoms with E-state index in [1.807, 2.05) is 6.07 Å². The topological polar surface area (TPSA) is 20.3 Å². The number of alkyl halides is 3. The molecule has 2 nitrogen and oxygen atoms in total. The quantitative estimate of drug-likeness (QED) is 0.600. The molecule has 3 rings (SSSR count). The number of carbonyl (C=O) groups excluding carboxylic acids is 1. The summed E-state index contributed by atoms with van der Waals surface area (Å²) in [6.45, 7) is 0.580. The Hall–Kier alpha value is -0.940. The third-order valence-corrected chi connectivity index (χ3v) is 6.09. The Morgan fingerprint density at radius 1 is 1.08 bits per heavy atom. The molecule has 25 heavy (non-hydrogen) atoms. The maximum atomic E-state index is 13.0. The minimum atomic E-state index is -4.22. The van der Waals surface area contributed by atoms with Gasteiger partial charge in [-0.05, 0) is 49.8 Å². The zero-order valence-electron chi connectivity index (χ0n) is 13.7. The highest BCUT2D eigenvalue weighted by Gasteiger charge is 2.45. The van der Waals surface area contributed by atoms with Crippen molar-refractivity contribution in [2.45, 2.75) is 50.7 Å². The molecule has 3 unspecified atom stereocenters. The van der Waals surface area contributed by atoms with Crippen molar-refractivity contribution in [3.63, 3.8) is 0 Å². The van der Waals surface area contributed by atoms with Crippen LogP contribution in [0.25, 0.3) is 0 Å². The molecule has 0 aromatic heterocycles. The lowest BCUT2D eigenvalue weighted by atomic mass is 9.80. The Balaban J connectivity index is 1.75. The van der Waals surface area contributed by atoms with Crippen LogP contribution in [0.2, 0.25) is 10.0 Å². The third-order valence-electron chi connectivity index (χ3n) is 5.35. The average Bonchev–Trinajstić information content (AvgIpc) is 3.05. The lowest BCUT2D eigenvalue weighted by Crippen LogP contribution is -2.40. The number of carbonyl (C=O) groups is 1. The van der Waals surface area contributed by atoms with Gasteiger partial charge in [0.15, 0.2) is 0 Å². The molecule has 2 fully saturated rings. The van der Waals surface area contributed by atoms with E-state index in [4.69, 9.17) is 23.2 Å². The summed E-state index contributed by atoms with van der Waals surface area (Å²) in [6.07, 6.45) is -1.56. The first-order valence-electron chi connectivity index (χ1n) is 8.59. The summed E-state index contributed by atoms with van der Waals surface area (Å²) >= 11 is 12.0. The van der Waals surface area contributed by atoms with Gasteiger partial charge in [-0.1, -0.05) is 35.7 Å².